The summed E-state index contributed by atoms with van der Waals surface area (Å²) in [7, 11) is 0. The monoisotopic (exact) mass is 251 g/mol. The maximum Gasteiger partial charge on any atom is 0.250 e. The fraction of sp³-hybridized carbons (Fsp3) is 0.462. The molecule has 0 radical (unpaired) electrons. The highest BCUT2D eigenvalue weighted by Gasteiger charge is 2.21. The molecule has 5 heteroatoms. The summed E-state index contributed by atoms with van der Waals surface area (Å²) in [4.78, 5) is 13.2. The van der Waals surface area contributed by atoms with Gasteiger partial charge in [0.2, 0.25) is 0 Å². The predicted molar refractivity (Wildman–Crippen MR) is 69.9 cm³/mol. The first-order valence-corrected chi connectivity index (χ1v) is 6.13. The minimum absolute atomic E-state index is 0.0915. The summed E-state index contributed by atoms with van der Waals surface area (Å²) in [6.45, 7) is 3.72. The average molecular weight is 251 g/mol. The van der Waals surface area contributed by atoms with Gasteiger partial charge in [-0.2, -0.15) is 0 Å². The second-order valence-corrected chi connectivity index (χ2v) is 4.95. The van der Waals surface area contributed by atoms with Gasteiger partial charge in [0.05, 0.1) is 11.3 Å². The number of halogens is 1. The summed E-state index contributed by atoms with van der Waals surface area (Å²) in [5.41, 5.74) is 11.5. The molecule has 0 aromatic heterocycles. The Morgan fingerprint density at radius 2 is 2.22 bits per heavy atom. The third kappa shape index (κ3) is 2.39. The number of nitrogens with zero attached hydrogens (tertiary/aromatic N) is 1. The van der Waals surface area contributed by atoms with Crippen LogP contribution in [-0.4, -0.2) is 19.0 Å². The van der Waals surface area contributed by atoms with E-state index in [-0.39, 0.29) is 11.3 Å². The number of carbonyl (C=O) groups excluding carboxylic acids is 1. The molecule has 2 rings (SSSR count). The molecule has 1 heterocycles. The first-order chi connectivity index (χ1) is 8.49. The van der Waals surface area contributed by atoms with Crippen LogP contribution in [-0.2, 0) is 0 Å². The van der Waals surface area contributed by atoms with E-state index in [2.05, 4.69) is 6.92 Å². The van der Waals surface area contributed by atoms with E-state index in [1.165, 1.54) is 12.1 Å². The average Bonchev–Trinajstić information content (AvgIpc) is 2.28. The van der Waals surface area contributed by atoms with Gasteiger partial charge in [0.25, 0.3) is 5.91 Å². The zero-order valence-corrected chi connectivity index (χ0v) is 10.4. The molecule has 18 heavy (non-hydrogen) atoms. The van der Waals surface area contributed by atoms with Crippen LogP contribution in [0.5, 0.6) is 0 Å². The van der Waals surface area contributed by atoms with Crippen LogP contribution in [0.1, 0.15) is 30.1 Å². The molecule has 1 aliphatic rings. The van der Waals surface area contributed by atoms with E-state index in [9.17, 15) is 9.18 Å². The predicted octanol–water partition coefficient (Wildman–Crippen LogP) is 1.74. The van der Waals surface area contributed by atoms with E-state index < -0.39 is 11.7 Å². The van der Waals surface area contributed by atoms with Crippen LogP contribution in [0.4, 0.5) is 15.8 Å². The van der Waals surface area contributed by atoms with Crippen molar-refractivity contribution in [2.24, 2.45) is 11.7 Å². The lowest BCUT2D eigenvalue weighted by Gasteiger charge is -2.33. The molecule has 1 aliphatic heterocycles. The lowest BCUT2D eigenvalue weighted by atomic mass is 9.99. The van der Waals surface area contributed by atoms with E-state index in [4.69, 9.17) is 11.5 Å². The van der Waals surface area contributed by atoms with Crippen LogP contribution in [0.2, 0.25) is 0 Å². The van der Waals surface area contributed by atoms with Gasteiger partial charge in [0.15, 0.2) is 0 Å². The molecular formula is C13H18FN3O. The summed E-state index contributed by atoms with van der Waals surface area (Å²) in [5, 5.41) is 0. The molecule has 1 saturated heterocycles. The Bertz CT molecular complexity index is 476. The quantitative estimate of drug-likeness (QED) is 0.786. The number of carbonyl (C=O) groups is 1. The van der Waals surface area contributed by atoms with Gasteiger partial charge in [-0.05, 0) is 30.9 Å². The molecular weight excluding hydrogens is 233 g/mol. The van der Waals surface area contributed by atoms with Crippen molar-refractivity contribution >= 4 is 17.3 Å². The second-order valence-electron chi connectivity index (χ2n) is 4.95. The zero-order chi connectivity index (χ0) is 13.3. The van der Waals surface area contributed by atoms with E-state index in [0.29, 0.717) is 11.6 Å². The highest BCUT2D eigenvalue weighted by atomic mass is 19.1. The van der Waals surface area contributed by atoms with Crippen molar-refractivity contribution in [2.75, 3.05) is 23.7 Å². The molecule has 4 N–H and O–H groups in total. The lowest BCUT2D eigenvalue weighted by molar-refractivity contribution is 0.100. The molecule has 1 aromatic rings. The molecule has 1 fully saturated rings. The van der Waals surface area contributed by atoms with E-state index in [0.717, 1.165) is 25.9 Å². The second kappa shape index (κ2) is 4.84. The SMILES string of the molecule is CC1CCCN(c2cc(C(N)=O)c(N)cc2F)C1. The Morgan fingerprint density at radius 1 is 1.50 bits per heavy atom. The molecule has 1 aromatic carbocycles. The number of primary amides is 1. The van der Waals surface area contributed by atoms with Crippen LogP contribution in [0.15, 0.2) is 12.1 Å². The molecule has 0 saturated carbocycles. The molecule has 1 unspecified atom stereocenters. The van der Waals surface area contributed by atoms with Crippen LogP contribution in [0.3, 0.4) is 0 Å². The van der Waals surface area contributed by atoms with Crippen molar-refractivity contribution in [1.29, 1.82) is 0 Å². The fourth-order valence-corrected chi connectivity index (χ4v) is 2.44. The maximum absolute atomic E-state index is 13.9. The van der Waals surface area contributed by atoms with Crippen molar-refractivity contribution in [2.45, 2.75) is 19.8 Å². The summed E-state index contributed by atoms with van der Waals surface area (Å²) >= 11 is 0. The molecule has 0 aliphatic carbocycles. The van der Waals surface area contributed by atoms with Gasteiger partial charge >= 0.3 is 0 Å². The van der Waals surface area contributed by atoms with Gasteiger partial charge in [-0.15, -0.1) is 0 Å². The van der Waals surface area contributed by atoms with E-state index in [1.807, 2.05) is 4.90 Å². The van der Waals surface area contributed by atoms with E-state index >= 15 is 0 Å². The van der Waals surface area contributed by atoms with Crippen molar-refractivity contribution in [1.82, 2.24) is 0 Å². The molecule has 0 bridgehead atoms. The number of anilines is 2. The van der Waals surface area contributed by atoms with Gasteiger partial charge in [-0.1, -0.05) is 6.92 Å². The van der Waals surface area contributed by atoms with Gasteiger partial charge < -0.3 is 16.4 Å². The highest BCUT2D eigenvalue weighted by Crippen LogP contribution is 2.29. The topological polar surface area (TPSA) is 72.3 Å². The standard InChI is InChI=1S/C13H18FN3O/c1-8-3-2-4-17(7-8)12-5-9(13(16)18)11(15)6-10(12)14/h5-6,8H,2-4,7,15H2,1H3,(H2,16,18). The Kier molecular flexibility index (Phi) is 3.41. The third-order valence-corrected chi connectivity index (χ3v) is 3.38. The Labute approximate surface area is 106 Å². The van der Waals surface area contributed by atoms with Crippen molar-refractivity contribution in [3.05, 3.63) is 23.5 Å². The summed E-state index contributed by atoms with van der Waals surface area (Å²) < 4.78 is 13.9. The van der Waals surface area contributed by atoms with Crippen LogP contribution in [0, 0.1) is 11.7 Å². The largest absolute Gasteiger partial charge is 0.398 e. The smallest absolute Gasteiger partial charge is 0.250 e. The first-order valence-electron chi connectivity index (χ1n) is 6.13. The number of rotatable bonds is 2. The van der Waals surface area contributed by atoms with Crippen molar-refractivity contribution in [3.8, 4) is 0 Å². The summed E-state index contributed by atoms with van der Waals surface area (Å²) in [6.07, 6.45) is 2.17. The fourth-order valence-electron chi connectivity index (χ4n) is 2.44. The minimum atomic E-state index is -0.626. The summed E-state index contributed by atoms with van der Waals surface area (Å²) in [5.74, 6) is -0.502. The number of nitrogen functional groups attached to an aromatic ring is 1. The number of piperidine rings is 1. The third-order valence-electron chi connectivity index (χ3n) is 3.38. The van der Waals surface area contributed by atoms with Gasteiger partial charge in [0, 0.05) is 18.8 Å². The molecule has 0 spiro atoms. The van der Waals surface area contributed by atoms with Crippen molar-refractivity contribution in [3.63, 3.8) is 0 Å². The van der Waals surface area contributed by atoms with E-state index in [1.54, 1.807) is 0 Å². The number of amides is 1. The molecule has 4 nitrogen and oxygen atoms in total. The molecule has 1 atom stereocenters. The van der Waals surface area contributed by atoms with Gasteiger partial charge in [-0.25, -0.2) is 4.39 Å². The van der Waals surface area contributed by atoms with Crippen LogP contribution in [0.25, 0.3) is 0 Å². The molecule has 98 valence electrons. The number of nitrogens with two attached hydrogens (primary N) is 2. The Morgan fingerprint density at radius 3 is 2.83 bits per heavy atom. The zero-order valence-electron chi connectivity index (χ0n) is 10.4. The molecule has 1 amide bonds. The van der Waals surface area contributed by atoms with Gasteiger partial charge in [0.1, 0.15) is 5.82 Å². The maximum atomic E-state index is 13.9. The number of hydrogen-bond donors (Lipinski definition) is 2. The normalized spacial score (nSPS) is 19.9. The number of benzene rings is 1. The first kappa shape index (κ1) is 12.7. The van der Waals surface area contributed by atoms with Crippen molar-refractivity contribution < 1.29 is 9.18 Å². The number of hydrogen-bond acceptors (Lipinski definition) is 3. The highest BCUT2D eigenvalue weighted by molar-refractivity contribution is 5.99. The lowest BCUT2D eigenvalue weighted by Crippen LogP contribution is -2.35. The van der Waals surface area contributed by atoms with Crippen LogP contribution >= 0.6 is 0 Å². The summed E-state index contributed by atoms with van der Waals surface area (Å²) in [6, 6.07) is 2.64. The van der Waals surface area contributed by atoms with Crippen LogP contribution < -0.4 is 16.4 Å². The Hall–Kier alpha value is -1.78. The Balaban J connectivity index is 2.37. The van der Waals surface area contributed by atoms with Gasteiger partial charge in [-0.3, -0.25) is 4.79 Å². The minimum Gasteiger partial charge on any atom is -0.398 e.